The molecule has 0 saturated heterocycles. The Balaban J connectivity index is 2.11. The normalized spacial score (nSPS) is 10.4. The largest absolute Gasteiger partial charge is 0.355 e. The molecule has 0 saturated carbocycles. The van der Waals surface area contributed by atoms with Gasteiger partial charge in [-0.2, -0.15) is 0 Å². The number of aryl methyl sites for hydroxylation is 1. The molecule has 2 aromatic rings. The third-order valence-corrected chi connectivity index (χ3v) is 2.93. The monoisotopic (exact) mass is 241 g/mol. The first-order valence-electron chi connectivity index (χ1n) is 6.12. The van der Waals surface area contributed by atoms with E-state index in [9.17, 15) is 0 Å². The molecule has 0 aliphatic heterocycles. The van der Waals surface area contributed by atoms with Gasteiger partial charge in [0, 0.05) is 20.1 Å². The van der Waals surface area contributed by atoms with Crippen molar-refractivity contribution in [2.45, 2.75) is 20.0 Å². The number of aromatic nitrogens is 1. The SMILES string of the molecule is Cc1ccc(CN(C)c2cccc(CN)n2)cc1. The van der Waals surface area contributed by atoms with Gasteiger partial charge in [-0.3, -0.25) is 0 Å². The van der Waals surface area contributed by atoms with E-state index in [1.807, 2.05) is 25.2 Å². The molecule has 0 bridgehead atoms. The van der Waals surface area contributed by atoms with E-state index in [0.29, 0.717) is 6.54 Å². The Morgan fingerprint density at radius 1 is 1.11 bits per heavy atom. The molecule has 3 nitrogen and oxygen atoms in total. The summed E-state index contributed by atoms with van der Waals surface area (Å²) < 4.78 is 0. The summed E-state index contributed by atoms with van der Waals surface area (Å²) in [6.07, 6.45) is 0. The minimum absolute atomic E-state index is 0.478. The maximum absolute atomic E-state index is 5.61. The number of nitrogens with two attached hydrogens (primary N) is 1. The number of nitrogens with zero attached hydrogens (tertiary/aromatic N) is 2. The second-order valence-electron chi connectivity index (χ2n) is 4.53. The molecule has 0 spiro atoms. The van der Waals surface area contributed by atoms with Crippen LogP contribution in [-0.2, 0) is 13.1 Å². The molecule has 18 heavy (non-hydrogen) atoms. The van der Waals surface area contributed by atoms with Crippen molar-refractivity contribution in [2.24, 2.45) is 5.73 Å². The molecule has 1 aromatic carbocycles. The van der Waals surface area contributed by atoms with Crippen molar-refractivity contribution in [1.29, 1.82) is 0 Å². The van der Waals surface area contributed by atoms with E-state index in [1.165, 1.54) is 11.1 Å². The lowest BCUT2D eigenvalue weighted by Crippen LogP contribution is -2.18. The summed E-state index contributed by atoms with van der Waals surface area (Å²) >= 11 is 0. The number of rotatable bonds is 4. The predicted molar refractivity (Wildman–Crippen MR) is 75.4 cm³/mol. The zero-order chi connectivity index (χ0) is 13.0. The Morgan fingerprint density at radius 2 is 1.83 bits per heavy atom. The highest BCUT2D eigenvalue weighted by Crippen LogP contribution is 2.13. The highest BCUT2D eigenvalue weighted by molar-refractivity contribution is 5.39. The summed E-state index contributed by atoms with van der Waals surface area (Å²) in [5.41, 5.74) is 9.09. The molecule has 0 amide bonds. The fraction of sp³-hybridized carbons (Fsp3) is 0.267. The Morgan fingerprint density at radius 3 is 2.50 bits per heavy atom. The molecule has 0 radical (unpaired) electrons. The molecule has 3 heteroatoms. The lowest BCUT2D eigenvalue weighted by Gasteiger charge is -2.18. The molecule has 2 rings (SSSR count). The molecule has 0 unspecified atom stereocenters. The van der Waals surface area contributed by atoms with Crippen LogP contribution in [0, 0.1) is 6.92 Å². The first-order valence-corrected chi connectivity index (χ1v) is 6.12. The third-order valence-electron chi connectivity index (χ3n) is 2.93. The van der Waals surface area contributed by atoms with Crippen LogP contribution in [0.2, 0.25) is 0 Å². The van der Waals surface area contributed by atoms with Crippen LogP contribution in [0.3, 0.4) is 0 Å². The molecule has 1 heterocycles. The van der Waals surface area contributed by atoms with Crippen LogP contribution in [0.25, 0.3) is 0 Å². The molecule has 94 valence electrons. The molecule has 0 fully saturated rings. The van der Waals surface area contributed by atoms with Gasteiger partial charge in [-0.05, 0) is 24.6 Å². The Labute approximate surface area is 108 Å². The van der Waals surface area contributed by atoms with Crippen molar-refractivity contribution in [3.63, 3.8) is 0 Å². The molecular formula is C15H19N3. The highest BCUT2D eigenvalue weighted by atomic mass is 15.2. The summed E-state index contributed by atoms with van der Waals surface area (Å²) in [5.74, 6) is 0.957. The van der Waals surface area contributed by atoms with Gasteiger partial charge in [-0.25, -0.2) is 4.98 Å². The zero-order valence-corrected chi connectivity index (χ0v) is 10.9. The smallest absolute Gasteiger partial charge is 0.128 e. The number of hydrogen-bond donors (Lipinski definition) is 1. The van der Waals surface area contributed by atoms with Crippen LogP contribution in [0.15, 0.2) is 42.5 Å². The first kappa shape index (κ1) is 12.6. The molecule has 0 aliphatic carbocycles. The van der Waals surface area contributed by atoms with Gasteiger partial charge in [0.1, 0.15) is 5.82 Å². The Kier molecular flexibility index (Phi) is 3.95. The summed E-state index contributed by atoms with van der Waals surface area (Å²) in [6, 6.07) is 14.5. The van der Waals surface area contributed by atoms with Crippen molar-refractivity contribution in [1.82, 2.24) is 4.98 Å². The third kappa shape index (κ3) is 3.08. The van der Waals surface area contributed by atoms with E-state index in [-0.39, 0.29) is 0 Å². The van der Waals surface area contributed by atoms with E-state index >= 15 is 0 Å². The van der Waals surface area contributed by atoms with Gasteiger partial charge in [0.15, 0.2) is 0 Å². The molecule has 0 atom stereocenters. The van der Waals surface area contributed by atoms with Crippen molar-refractivity contribution in [2.75, 3.05) is 11.9 Å². The van der Waals surface area contributed by atoms with E-state index in [2.05, 4.69) is 41.1 Å². The van der Waals surface area contributed by atoms with Crippen LogP contribution in [0.4, 0.5) is 5.82 Å². The second kappa shape index (κ2) is 5.65. The number of benzene rings is 1. The van der Waals surface area contributed by atoms with Gasteiger partial charge in [0.25, 0.3) is 0 Å². The topological polar surface area (TPSA) is 42.1 Å². The lowest BCUT2D eigenvalue weighted by molar-refractivity contribution is 0.878. The van der Waals surface area contributed by atoms with Crippen LogP contribution in [0.5, 0.6) is 0 Å². The number of anilines is 1. The average molecular weight is 241 g/mol. The zero-order valence-electron chi connectivity index (χ0n) is 10.9. The Bertz CT molecular complexity index is 505. The van der Waals surface area contributed by atoms with Crippen molar-refractivity contribution in [3.8, 4) is 0 Å². The average Bonchev–Trinajstić information content (AvgIpc) is 2.41. The van der Waals surface area contributed by atoms with Gasteiger partial charge in [-0.1, -0.05) is 35.9 Å². The standard InChI is InChI=1S/C15H19N3/c1-12-6-8-13(9-7-12)11-18(2)15-5-3-4-14(10-16)17-15/h3-9H,10-11,16H2,1-2H3. The highest BCUT2D eigenvalue weighted by Gasteiger charge is 2.04. The quantitative estimate of drug-likeness (QED) is 0.894. The van der Waals surface area contributed by atoms with E-state index in [0.717, 1.165) is 18.1 Å². The van der Waals surface area contributed by atoms with Crippen LogP contribution in [0.1, 0.15) is 16.8 Å². The first-order chi connectivity index (χ1) is 8.69. The predicted octanol–water partition coefficient (Wildman–Crippen LogP) is 2.49. The lowest BCUT2D eigenvalue weighted by atomic mass is 10.1. The second-order valence-corrected chi connectivity index (χ2v) is 4.53. The number of hydrogen-bond acceptors (Lipinski definition) is 3. The van der Waals surface area contributed by atoms with Gasteiger partial charge in [0.2, 0.25) is 0 Å². The summed E-state index contributed by atoms with van der Waals surface area (Å²) in [4.78, 5) is 6.63. The van der Waals surface area contributed by atoms with Crippen molar-refractivity contribution >= 4 is 5.82 Å². The molecule has 0 aliphatic rings. The van der Waals surface area contributed by atoms with Gasteiger partial charge < -0.3 is 10.6 Å². The summed E-state index contributed by atoms with van der Waals surface area (Å²) in [7, 11) is 2.04. The van der Waals surface area contributed by atoms with Crippen molar-refractivity contribution < 1.29 is 0 Å². The van der Waals surface area contributed by atoms with Gasteiger partial charge >= 0.3 is 0 Å². The maximum atomic E-state index is 5.61. The van der Waals surface area contributed by atoms with Gasteiger partial charge in [-0.15, -0.1) is 0 Å². The van der Waals surface area contributed by atoms with Crippen LogP contribution >= 0.6 is 0 Å². The number of pyridine rings is 1. The van der Waals surface area contributed by atoms with E-state index < -0.39 is 0 Å². The molecule has 2 N–H and O–H groups in total. The van der Waals surface area contributed by atoms with E-state index in [1.54, 1.807) is 0 Å². The maximum Gasteiger partial charge on any atom is 0.128 e. The fourth-order valence-corrected chi connectivity index (χ4v) is 1.84. The molecule has 1 aromatic heterocycles. The summed E-state index contributed by atoms with van der Waals surface area (Å²) in [5, 5.41) is 0. The van der Waals surface area contributed by atoms with Gasteiger partial charge in [0.05, 0.1) is 5.69 Å². The minimum atomic E-state index is 0.478. The Hall–Kier alpha value is -1.87. The van der Waals surface area contributed by atoms with E-state index in [4.69, 9.17) is 5.73 Å². The van der Waals surface area contributed by atoms with Crippen LogP contribution < -0.4 is 10.6 Å². The van der Waals surface area contributed by atoms with Crippen molar-refractivity contribution in [3.05, 3.63) is 59.3 Å². The van der Waals surface area contributed by atoms with Crippen LogP contribution in [-0.4, -0.2) is 12.0 Å². The minimum Gasteiger partial charge on any atom is -0.355 e. The fourth-order valence-electron chi connectivity index (χ4n) is 1.84. The summed E-state index contributed by atoms with van der Waals surface area (Å²) in [6.45, 7) is 3.42. The molecular weight excluding hydrogens is 222 g/mol.